The number of hydrogen-bond acceptors (Lipinski definition) is 7. The van der Waals surface area contributed by atoms with Gasteiger partial charge in [0.1, 0.15) is 11.6 Å². The second-order valence-corrected chi connectivity index (χ2v) is 8.39. The van der Waals surface area contributed by atoms with Crippen molar-refractivity contribution in [3.63, 3.8) is 0 Å². The number of nitrogens with zero attached hydrogens (tertiary/aromatic N) is 7. The van der Waals surface area contributed by atoms with Gasteiger partial charge in [-0.05, 0) is 26.0 Å². The number of halogens is 2. The van der Waals surface area contributed by atoms with Crippen LogP contribution in [0.5, 0.6) is 11.6 Å². The van der Waals surface area contributed by atoms with Crippen molar-refractivity contribution in [3.8, 4) is 28.7 Å². The molecule has 5 aromatic rings. The highest BCUT2D eigenvalue weighted by atomic mass is 19.3. The zero-order chi connectivity index (χ0) is 24.9. The van der Waals surface area contributed by atoms with E-state index in [2.05, 4.69) is 20.1 Å². The van der Waals surface area contributed by atoms with Crippen molar-refractivity contribution < 1.29 is 18.3 Å². The Hall–Kier alpha value is -4.15. The average Bonchev–Trinajstić information content (AvgIpc) is 3.38. The monoisotopic (exact) mass is 479 g/mol. The first-order valence-electron chi connectivity index (χ1n) is 10.8. The van der Waals surface area contributed by atoms with Crippen LogP contribution in [0.15, 0.2) is 36.8 Å². The number of imidazole rings is 1. The van der Waals surface area contributed by atoms with Gasteiger partial charge < -0.3 is 14.0 Å². The molecule has 9 nitrogen and oxygen atoms in total. The van der Waals surface area contributed by atoms with Crippen molar-refractivity contribution in [1.82, 2.24) is 34.3 Å². The Morgan fingerprint density at radius 1 is 1.06 bits per heavy atom. The second-order valence-electron chi connectivity index (χ2n) is 8.39. The van der Waals surface area contributed by atoms with Crippen LogP contribution in [0.3, 0.4) is 0 Å². The summed E-state index contributed by atoms with van der Waals surface area (Å²) in [7, 11) is 3.43. The molecule has 0 N–H and O–H groups in total. The van der Waals surface area contributed by atoms with Crippen molar-refractivity contribution in [3.05, 3.63) is 48.3 Å². The van der Waals surface area contributed by atoms with Gasteiger partial charge in [-0.3, -0.25) is 9.97 Å². The van der Waals surface area contributed by atoms with Crippen LogP contribution in [0.2, 0.25) is 0 Å². The number of methoxy groups -OCH3 is 1. The lowest BCUT2D eigenvalue weighted by atomic mass is 10.1. The van der Waals surface area contributed by atoms with Crippen molar-refractivity contribution >= 4 is 21.9 Å². The van der Waals surface area contributed by atoms with Gasteiger partial charge in [-0.2, -0.15) is 10.1 Å². The molecule has 0 aromatic carbocycles. The van der Waals surface area contributed by atoms with E-state index in [9.17, 15) is 8.78 Å². The number of pyridine rings is 3. The summed E-state index contributed by atoms with van der Waals surface area (Å²) in [6.07, 6.45) is 5.03. The fourth-order valence-corrected chi connectivity index (χ4v) is 3.92. The summed E-state index contributed by atoms with van der Waals surface area (Å²) in [6.45, 7) is 3.69. The largest absolute Gasteiger partial charge is 0.496 e. The summed E-state index contributed by atoms with van der Waals surface area (Å²) in [5.74, 6) is -1.26. The van der Waals surface area contributed by atoms with Crippen LogP contribution in [0.4, 0.5) is 8.78 Å². The van der Waals surface area contributed by atoms with E-state index in [0.29, 0.717) is 34.1 Å². The minimum absolute atomic E-state index is 0.0197. The maximum atomic E-state index is 13.6. The van der Waals surface area contributed by atoms with E-state index in [1.165, 1.54) is 0 Å². The summed E-state index contributed by atoms with van der Waals surface area (Å²) >= 11 is 0. The quantitative estimate of drug-likeness (QED) is 0.356. The number of rotatable bonds is 6. The van der Waals surface area contributed by atoms with Gasteiger partial charge in [-0.15, -0.1) is 0 Å². The number of aryl methyl sites for hydroxylation is 3. The molecule has 0 amide bonds. The van der Waals surface area contributed by atoms with Crippen molar-refractivity contribution in [2.75, 3.05) is 13.7 Å². The van der Waals surface area contributed by atoms with Crippen molar-refractivity contribution in [1.29, 1.82) is 0 Å². The SMILES string of the molecule is COc1ccncc1-c1cc2c(cnn2-c2cc3c(nc(C)n3C)c(OCC(C)(F)F)n2)c(C)n1. The van der Waals surface area contributed by atoms with E-state index in [4.69, 9.17) is 14.5 Å². The molecule has 5 aromatic heterocycles. The average molecular weight is 479 g/mol. The Morgan fingerprint density at radius 2 is 1.86 bits per heavy atom. The number of hydrogen-bond donors (Lipinski definition) is 0. The van der Waals surface area contributed by atoms with Gasteiger partial charge in [-0.25, -0.2) is 18.4 Å². The first-order chi connectivity index (χ1) is 16.7. The molecular formula is C24H23F2N7O2. The Kier molecular flexibility index (Phi) is 5.34. The minimum Gasteiger partial charge on any atom is -0.496 e. The fraction of sp³-hybridized carbons (Fsp3) is 0.292. The molecule has 0 atom stereocenters. The Morgan fingerprint density at radius 3 is 2.60 bits per heavy atom. The summed E-state index contributed by atoms with van der Waals surface area (Å²) < 4.78 is 41.5. The van der Waals surface area contributed by atoms with Crippen LogP contribution in [0.25, 0.3) is 39.0 Å². The smallest absolute Gasteiger partial charge is 0.278 e. The van der Waals surface area contributed by atoms with E-state index < -0.39 is 12.5 Å². The second kappa shape index (κ2) is 8.26. The van der Waals surface area contributed by atoms with Crippen molar-refractivity contribution in [2.24, 2.45) is 7.05 Å². The highest BCUT2D eigenvalue weighted by Crippen LogP contribution is 2.33. The van der Waals surface area contributed by atoms with E-state index >= 15 is 0 Å². The third kappa shape index (κ3) is 4.02. The molecule has 0 spiro atoms. The topological polar surface area (TPSA) is 92.8 Å². The molecule has 180 valence electrons. The zero-order valence-electron chi connectivity index (χ0n) is 19.9. The molecule has 11 heteroatoms. The number of ether oxygens (including phenoxy) is 2. The molecule has 0 unspecified atom stereocenters. The van der Waals surface area contributed by atoms with Gasteiger partial charge in [0.2, 0.25) is 5.88 Å². The molecule has 0 aliphatic rings. The number of fused-ring (bicyclic) bond motifs is 2. The lowest BCUT2D eigenvalue weighted by Gasteiger charge is -2.13. The normalized spacial score (nSPS) is 12.0. The molecule has 5 rings (SSSR count). The molecule has 0 saturated carbocycles. The van der Waals surface area contributed by atoms with E-state index in [1.54, 1.807) is 42.5 Å². The summed E-state index contributed by atoms with van der Waals surface area (Å²) in [6, 6.07) is 5.44. The Labute approximate surface area is 199 Å². The third-order valence-corrected chi connectivity index (χ3v) is 5.76. The summed E-state index contributed by atoms with van der Waals surface area (Å²) in [4.78, 5) is 17.9. The molecule has 35 heavy (non-hydrogen) atoms. The highest BCUT2D eigenvalue weighted by molar-refractivity contribution is 5.88. The maximum Gasteiger partial charge on any atom is 0.278 e. The van der Waals surface area contributed by atoms with E-state index in [1.807, 2.05) is 31.5 Å². The molecule has 0 radical (unpaired) electrons. The fourth-order valence-electron chi connectivity index (χ4n) is 3.92. The van der Waals surface area contributed by atoms with Crippen LogP contribution in [-0.4, -0.2) is 53.9 Å². The predicted octanol–water partition coefficient (Wildman–Crippen LogP) is 4.42. The lowest BCUT2D eigenvalue weighted by molar-refractivity contribution is -0.0238. The van der Waals surface area contributed by atoms with Gasteiger partial charge >= 0.3 is 0 Å². The minimum atomic E-state index is -3.02. The van der Waals surface area contributed by atoms with Gasteiger partial charge in [0.25, 0.3) is 5.92 Å². The molecule has 0 aliphatic heterocycles. The molecule has 0 saturated heterocycles. The summed E-state index contributed by atoms with van der Waals surface area (Å²) in [5.41, 5.74) is 3.97. The molecule has 5 heterocycles. The van der Waals surface area contributed by atoms with Crippen LogP contribution in [-0.2, 0) is 7.05 Å². The van der Waals surface area contributed by atoms with Crippen LogP contribution >= 0.6 is 0 Å². The van der Waals surface area contributed by atoms with Gasteiger partial charge in [0.05, 0.1) is 35.6 Å². The van der Waals surface area contributed by atoms with Gasteiger partial charge in [0.15, 0.2) is 17.9 Å². The van der Waals surface area contributed by atoms with E-state index in [-0.39, 0.29) is 5.88 Å². The van der Waals surface area contributed by atoms with Gasteiger partial charge in [-0.1, -0.05) is 0 Å². The van der Waals surface area contributed by atoms with Crippen molar-refractivity contribution in [2.45, 2.75) is 26.7 Å². The van der Waals surface area contributed by atoms with Crippen LogP contribution in [0, 0.1) is 13.8 Å². The molecular weight excluding hydrogens is 456 g/mol. The van der Waals surface area contributed by atoms with Gasteiger partial charge in [0, 0.05) is 43.5 Å². The first-order valence-corrected chi connectivity index (χ1v) is 10.8. The molecule has 0 bridgehead atoms. The highest BCUT2D eigenvalue weighted by Gasteiger charge is 2.25. The summed E-state index contributed by atoms with van der Waals surface area (Å²) in [5, 5.41) is 5.35. The molecule has 0 aliphatic carbocycles. The predicted molar refractivity (Wildman–Crippen MR) is 126 cm³/mol. The van der Waals surface area contributed by atoms with E-state index in [0.717, 1.165) is 29.1 Å². The van der Waals surface area contributed by atoms with Crippen LogP contribution < -0.4 is 9.47 Å². The maximum absolute atomic E-state index is 13.6. The first kappa shape index (κ1) is 22.6. The Bertz CT molecular complexity index is 1570. The molecule has 0 fully saturated rings. The number of aromatic nitrogens is 7. The lowest BCUT2D eigenvalue weighted by Crippen LogP contribution is -2.21. The number of alkyl halides is 2. The standard InChI is InChI=1S/C24H23F2N7O2/c1-13-15-11-28-33(18(15)8-17(29-13)16-10-27-7-6-20(16)34-5)21-9-19-22(30-14(2)32(19)4)23(31-21)35-12-24(3,25)26/h6-11H,12H2,1-5H3. The zero-order valence-corrected chi connectivity index (χ0v) is 19.9. The third-order valence-electron chi connectivity index (χ3n) is 5.76. The van der Waals surface area contributed by atoms with Crippen LogP contribution in [0.1, 0.15) is 18.4 Å². The Balaban J connectivity index is 1.71.